The van der Waals surface area contributed by atoms with Gasteiger partial charge >= 0.3 is 5.97 Å². The molecule has 1 N–H and O–H groups in total. The zero-order chi connectivity index (χ0) is 61.8. The van der Waals surface area contributed by atoms with Gasteiger partial charge < -0.3 is 19.3 Å². The number of benzene rings is 8. The molecule has 0 aliphatic heterocycles. The number of hydrogen-bond acceptors (Lipinski definition) is 4. The first-order valence-corrected chi connectivity index (χ1v) is 33.8. The SMILES string of the molecule is CCCCCCc1ccc(-n2c3ccccc3c3cc(-c4ccc(N(c5ccc(-c6ccc7c(c6)C(CCCCCCCCC/C=C\C(=O)O)(CCCCCCCCC/C=C/OC=O)c6cc(C)ccc6-7)cc5)c5ccc(C(C)C)cc5)cc4)ccc32)cc1. The number of allylic oxidation sites excluding steroid dienone is 2. The molecule has 1 aliphatic carbocycles. The maximum absolute atomic E-state index is 10.9. The van der Waals surface area contributed by atoms with Crippen LogP contribution >= 0.6 is 0 Å². The minimum Gasteiger partial charge on any atom is -0.478 e. The molecule has 0 amide bonds. The molecule has 9 aromatic rings. The molecular weight excluding hydrogens is 1090 g/mol. The molecule has 0 radical (unpaired) electrons. The lowest BCUT2D eigenvalue weighted by atomic mass is 9.70. The van der Waals surface area contributed by atoms with Crippen molar-refractivity contribution in [3.05, 3.63) is 228 Å². The van der Waals surface area contributed by atoms with Gasteiger partial charge in [-0.05, 0) is 199 Å². The molecule has 1 heterocycles. The summed E-state index contributed by atoms with van der Waals surface area (Å²) in [6.07, 6.45) is 33.5. The van der Waals surface area contributed by atoms with Crippen LogP contribution < -0.4 is 4.90 Å². The van der Waals surface area contributed by atoms with Gasteiger partial charge in [-0.1, -0.05) is 232 Å². The number of unbranched alkanes of at least 4 members (excludes halogenated alkanes) is 17. The van der Waals surface area contributed by atoms with E-state index in [0.717, 1.165) is 68.4 Å². The summed E-state index contributed by atoms with van der Waals surface area (Å²) in [6.45, 7) is 9.53. The number of hydrogen-bond donors (Lipinski definition) is 1. The van der Waals surface area contributed by atoms with E-state index in [1.165, 1.54) is 197 Å². The van der Waals surface area contributed by atoms with Crippen molar-refractivity contribution in [3.63, 3.8) is 0 Å². The van der Waals surface area contributed by atoms with E-state index in [1.54, 1.807) is 6.08 Å². The fourth-order valence-electron chi connectivity index (χ4n) is 14.0. The minimum absolute atomic E-state index is 0.0609. The summed E-state index contributed by atoms with van der Waals surface area (Å²) in [5.41, 5.74) is 21.7. The Morgan fingerprint density at radius 3 is 1.65 bits per heavy atom. The summed E-state index contributed by atoms with van der Waals surface area (Å²) < 4.78 is 7.14. The Morgan fingerprint density at radius 2 is 1.04 bits per heavy atom. The van der Waals surface area contributed by atoms with Gasteiger partial charge in [-0.2, -0.15) is 0 Å². The van der Waals surface area contributed by atoms with E-state index in [2.05, 4.69) is 213 Å². The second-order valence-corrected chi connectivity index (χ2v) is 25.5. The Hall–Kier alpha value is -8.22. The van der Waals surface area contributed by atoms with Crippen LogP contribution in [0.3, 0.4) is 0 Å². The molecule has 0 saturated carbocycles. The van der Waals surface area contributed by atoms with E-state index in [1.807, 2.05) is 6.08 Å². The molecule has 1 aliphatic rings. The third-order valence-electron chi connectivity index (χ3n) is 18.9. The number of para-hydroxylation sites is 1. The fourth-order valence-corrected chi connectivity index (χ4v) is 14.0. The summed E-state index contributed by atoms with van der Waals surface area (Å²) in [5.74, 6) is -0.428. The van der Waals surface area contributed by atoms with Gasteiger partial charge in [0.15, 0.2) is 0 Å². The number of carboxylic acids is 1. The summed E-state index contributed by atoms with van der Waals surface area (Å²) in [5, 5.41) is 11.5. The monoisotopic (exact) mass is 1180 g/mol. The van der Waals surface area contributed by atoms with Gasteiger partial charge in [0, 0.05) is 45.0 Å². The molecule has 0 bridgehead atoms. The molecule has 1 aromatic heterocycles. The fraction of sp³-hybridized carbons (Fsp3) is 0.349. The number of anilines is 3. The van der Waals surface area contributed by atoms with Crippen LogP contribution in [0, 0.1) is 6.92 Å². The van der Waals surface area contributed by atoms with Crippen molar-refractivity contribution in [2.45, 2.75) is 187 Å². The van der Waals surface area contributed by atoms with Crippen molar-refractivity contribution in [2.24, 2.45) is 0 Å². The molecule has 0 spiro atoms. The summed E-state index contributed by atoms with van der Waals surface area (Å²) >= 11 is 0. The van der Waals surface area contributed by atoms with Crippen LogP contribution in [0.15, 0.2) is 200 Å². The highest BCUT2D eigenvalue weighted by molar-refractivity contribution is 6.10. The standard InChI is InChI=1S/C83H94N2O4/c1-5-6-7-22-29-64-34-44-73(45-35-64)85-80-31-25-24-30-76(80)77-59-68(43-54-81(77)85)66-38-48-71(49-39-66)84(70-46-36-65(37-47-70)62(2)3)72-50-40-67(41-51-72)69-42-53-75-74-52-33-63(4)58-78(74)83(79(75)60-69,55-26-19-15-11-8-10-14-18-23-32-82(87)88)56-27-20-16-12-9-13-17-21-28-57-89-61-86/h23-25,28,30-54,57-62H,5-22,26-27,29,55-56H2,1-4H3,(H,87,88)/b32-23-,57-28+. The highest BCUT2D eigenvalue weighted by Crippen LogP contribution is 2.55. The number of rotatable bonds is 35. The largest absolute Gasteiger partial charge is 0.478 e. The van der Waals surface area contributed by atoms with E-state index in [9.17, 15) is 9.59 Å². The predicted molar refractivity (Wildman–Crippen MR) is 375 cm³/mol. The van der Waals surface area contributed by atoms with Crippen LogP contribution in [0.4, 0.5) is 17.1 Å². The lowest BCUT2D eigenvalue weighted by molar-refractivity contribution is -0.131. The predicted octanol–water partition coefficient (Wildman–Crippen LogP) is 23.8. The summed E-state index contributed by atoms with van der Waals surface area (Å²) in [7, 11) is 0. The Balaban J connectivity index is 0.903. The first kappa shape index (κ1) is 63.8. The first-order chi connectivity index (χ1) is 43.6. The summed E-state index contributed by atoms with van der Waals surface area (Å²) in [6, 6.07) is 67.2. The first-order valence-electron chi connectivity index (χ1n) is 33.8. The van der Waals surface area contributed by atoms with Crippen molar-refractivity contribution in [2.75, 3.05) is 4.90 Å². The Bertz CT molecular complexity index is 3790. The molecule has 6 heteroatoms. The van der Waals surface area contributed by atoms with Gasteiger partial charge in [-0.25, -0.2) is 4.79 Å². The zero-order valence-electron chi connectivity index (χ0n) is 53.5. The molecule has 6 nitrogen and oxygen atoms in total. The van der Waals surface area contributed by atoms with E-state index < -0.39 is 5.97 Å². The van der Waals surface area contributed by atoms with Crippen LogP contribution in [0.25, 0.3) is 60.9 Å². The molecule has 1 atom stereocenters. The number of aromatic nitrogens is 1. The Labute approximate surface area is 531 Å². The average molecular weight is 1180 g/mol. The Morgan fingerprint density at radius 1 is 0.528 bits per heavy atom. The number of aryl methyl sites for hydroxylation is 2. The number of aliphatic carboxylic acids is 1. The van der Waals surface area contributed by atoms with E-state index in [-0.39, 0.29) is 5.41 Å². The van der Waals surface area contributed by atoms with Crippen LogP contribution in [0.5, 0.6) is 0 Å². The lowest BCUT2D eigenvalue weighted by Crippen LogP contribution is -2.25. The number of carbonyl (C=O) groups is 2. The van der Waals surface area contributed by atoms with Crippen LogP contribution in [-0.2, 0) is 26.2 Å². The quantitative estimate of drug-likeness (QED) is 0.0185. The highest BCUT2D eigenvalue weighted by atomic mass is 16.5. The van der Waals surface area contributed by atoms with Gasteiger partial charge in [0.1, 0.15) is 0 Å². The normalized spacial score (nSPS) is 13.7. The molecule has 460 valence electrons. The van der Waals surface area contributed by atoms with Crippen LogP contribution in [0.2, 0.25) is 0 Å². The van der Waals surface area contributed by atoms with Crippen LogP contribution in [0.1, 0.15) is 196 Å². The zero-order valence-corrected chi connectivity index (χ0v) is 53.5. The van der Waals surface area contributed by atoms with Crippen molar-refractivity contribution in [1.82, 2.24) is 4.57 Å². The van der Waals surface area contributed by atoms with E-state index in [0.29, 0.717) is 12.4 Å². The van der Waals surface area contributed by atoms with Crippen molar-refractivity contribution in [3.8, 4) is 39.1 Å². The number of carbonyl (C=O) groups excluding carboxylic acids is 1. The smallest absolute Gasteiger partial charge is 0.327 e. The number of carboxylic acid groups (broad SMARTS) is 1. The molecule has 8 aromatic carbocycles. The third kappa shape index (κ3) is 16.0. The number of ether oxygens (including phenoxy) is 1. The number of nitrogens with zero attached hydrogens (tertiary/aromatic N) is 2. The molecule has 0 fully saturated rings. The lowest BCUT2D eigenvalue weighted by Gasteiger charge is -2.33. The second kappa shape index (κ2) is 31.8. The minimum atomic E-state index is -0.864. The maximum atomic E-state index is 10.9. The Kier molecular flexibility index (Phi) is 22.8. The summed E-state index contributed by atoms with van der Waals surface area (Å²) in [4.78, 5) is 23.8. The molecular formula is C83H94N2O4. The molecule has 10 rings (SSSR count). The highest BCUT2D eigenvalue weighted by Gasteiger charge is 2.42. The van der Waals surface area contributed by atoms with E-state index in [4.69, 9.17) is 9.84 Å². The third-order valence-corrected chi connectivity index (χ3v) is 18.9. The number of fused-ring (bicyclic) bond motifs is 6. The van der Waals surface area contributed by atoms with Crippen molar-refractivity contribution < 1.29 is 19.4 Å². The van der Waals surface area contributed by atoms with Gasteiger partial charge in [0.25, 0.3) is 6.47 Å². The van der Waals surface area contributed by atoms with Gasteiger partial charge in [-0.15, -0.1) is 0 Å². The molecule has 0 saturated heterocycles. The maximum Gasteiger partial charge on any atom is 0.327 e. The second-order valence-electron chi connectivity index (χ2n) is 25.5. The molecule has 1 unspecified atom stereocenters. The topological polar surface area (TPSA) is 71.8 Å². The average Bonchev–Trinajstić information content (AvgIpc) is 1.63. The van der Waals surface area contributed by atoms with Crippen LogP contribution in [-0.4, -0.2) is 22.1 Å². The molecule has 89 heavy (non-hydrogen) atoms. The van der Waals surface area contributed by atoms with Gasteiger partial charge in [0.05, 0.1) is 17.3 Å². The van der Waals surface area contributed by atoms with Gasteiger partial charge in [0.2, 0.25) is 0 Å². The van der Waals surface area contributed by atoms with E-state index >= 15 is 0 Å². The van der Waals surface area contributed by atoms with Crippen molar-refractivity contribution >= 4 is 51.3 Å². The van der Waals surface area contributed by atoms with Gasteiger partial charge in [-0.3, -0.25) is 4.79 Å². The van der Waals surface area contributed by atoms with Crippen molar-refractivity contribution in [1.29, 1.82) is 0 Å².